The van der Waals surface area contributed by atoms with Gasteiger partial charge < -0.3 is 4.98 Å². The molecule has 0 saturated heterocycles. The summed E-state index contributed by atoms with van der Waals surface area (Å²) in [4.78, 5) is 4.34. The fraction of sp³-hybridized carbons (Fsp3) is 0.500. The first-order valence-corrected chi connectivity index (χ1v) is 4.74. The Morgan fingerprint density at radius 1 is 1.70 bits per heavy atom. The van der Waals surface area contributed by atoms with Crippen molar-refractivity contribution in [2.45, 2.75) is 13.3 Å². The smallest absolute Gasteiger partial charge is 0.158 e. The molecule has 0 aliphatic heterocycles. The highest BCUT2D eigenvalue weighted by molar-refractivity contribution is 7.73. The molecule has 0 unspecified atom stereocenters. The fourth-order valence-corrected chi connectivity index (χ4v) is 2.35. The zero-order valence-corrected chi connectivity index (χ0v) is 8.00. The molecule has 0 aliphatic rings. The minimum atomic E-state index is 0.671. The van der Waals surface area contributed by atoms with Crippen molar-refractivity contribution in [1.82, 2.24) is 4.98 Å². The first kappa shape index (κ1) is 8.24. The summed E-state index contributed by atoms with van der Waals surface area (Å²) in [7, 11) is 0. The molecule has 1 aromatic heterocycles. The fourth-order valence-electron chi connectivity index (χ4n) is 0.761. The number of aromatic amines is 1. The molecular weight excluding hydrogens is 186 g/mol. The third-order valence-corrected chi connectivity index (χ3v) is 2.83. The molecule has 4 heteroatoms. The first-order chi connectivity index (χ1) is 4.74. The summed E-state index contributed by atoms with van der Waals surface area (Å²) in [5.74, 6) is 0.671. The van der Waals surface area contributed by atoms with Crippen molar-refractivity contribution in [3.05, 3.63) is 14.5 Å². The molecule has 0 atom stereocenters. The van der Waals surface area contributed by atoms with E-state index in [0.717, 1.165) is 16.1 Å². The van der Waals surface area contributed by atoms with E-state index in [-0.39, 0.29) is 0 Å². The number of nitrogens with one attached hydrogen (secondary N) is 1. The van der Waals surface area contributed by atoms with Crippen molar-refractivity contribution < 1.29 is 0 Å². The monoisotopic (exact) mass is 193 g/mol. The number of rotatable bonds is 2. The maximum Gasteiger partial charge on any atom is 0.158 e. The molecule has 1 heterocycles. The van der Waals surface area contributed by atoms with Gasteiger partial charge in [0.1, 0.15) is 0 Å². The summed E-state index contributed by atoms with van der Waals surface area (Å²) in [6.07, 6.45) is 0.922. The average molecular weight is 194 g/mol. The van der Waals surface area contributed by atoms with Gasteiger partial charge in [-0.3, -0.25) is 0 Å². The topological polar surface area (TPSA) is 15.8 Å². The first-order valence-electron chi connectivity index (χ1n) is 2.98. The predicted octanol–water partition coefficient (Wildman–Crippen LogP) is 2.90. The normalized spacial score (nSPS) is 10.2. The molecule has 0 bridgehead atoms. The quantitative estimate of drug-likeness (QED) is 0.564. The van der Waals surface area contributed by atoms with Crippen molar-refractivity contribution in [3.63, 3.8) is 0 Å². The van der Waals surface area contributed by atoms with Crippen molar-refractivity contribution >= 4 is 35.2 Å². The molecule has 1 aromatic rings. The van der Waals surface area contributed by atoms with E-state index in [9.17, 15) is 0 Å². The van der Waals surface area contributed by atoms with E-state index in [1.165, 1.54) is 4.88 Å². The molecule has 1 rings (SSSR count). The Hall–Kier alpha value is 0.140. The lowest BCUT2D eigenvalue weighted by Gasteiger charge is -1.90. The van der Waals surface area contributed by atoms with Gasteiger partial charge in [-0.25, -0.2) is 0 Å². The molecule has 0 fully saturated rings. The number of hydrogen-bond acceptors (Lipinski definition) is 2. The Bertz CT molecular complexity index is 263. The molecule has 1 nitrogen and oxygen atoms in total. The van der Waals surface area contributed by atoms with Gasteiger partial charge in [-0.05, 0) is 25.6 Å². The summed E-state index contributed by atoms with van der Waals surface area (Å²) in [6, 6.07) is 0. The Morgan fingerprint density at radius 2 is 2.40 bits per heavy atom. The summed E-state index contributed by atoms with van der Waals surface area (Å²) < 4.78 is 0.845. The van der Waals surface area contributed by atoms with Gasteiger partial charge in [-0.15, -0.1) is 22.9 Å². The van der Waals surface area contributed by atoms with E-state index in [2.05, 4.69) is 4.98 Å². The number of thiazole rings is 1. The van der Waals surface area contributed by atoms with E-state index in [1.807, 2.05) is 6.92 Å². The zero-order chi connectivity index (χ0) is 7.56. The zero-order valence-electron chi connectivity index (χ0n) is 5.61. The molecule has 56 valence electrons. The maximum absolute atomic E-state index is 5.58. The van der Waals surface area contributed by atoms with Gasteiger partial charge in [0.15, 0.2) is 3.95 Å². The van der Waals surface area contributed by atoms with E-state index in [0.29, 0.717) is 5.88 Å². The second-order valence-corrected chi connectivity index (χ2v) is 4.15. The number of halogens is 1. The van der Waals surface area contributed by atoms with Gasteiger partial charge in [0.25, 0.3) is 0 Å². The number of aromatic nitrogens is 1. The van der Waals surface area contributed by atoms with Crippen molar-refractivity contribution in [1.29, 1.82) is 0 Å². The molecule has 0 aromatic carbocycles. The summed E-state index contributed by atoms with van der Waals surface area (Å²) in [6.45, 7) is 2.02. The summed E-state index contributed by atoms with van der Waals surface area (Å²) in [5.41, 5.74) is 1.16. The lowest BCUT2D eigenvalue weighted by atomic mass is 10.3. The van der Waals surface area contributed by atoms with Crippen LogP contribution in [0.3, 0.4) is 0 Å². The van der Waals surface area contributed by atoms with Crippen LogP contribution in [0.15, 0.2) is 0 Å². The van der Waals surface area contributed by atoms with Crippen LogP contribution in [-0.4, -0.2) is 10.9 Å². The van der Waals surface area contributed by atoms with Gasteiger partial charge >= 0.3 is 0 Å². The Kier molecular flexibility index (Phi) is 2.89. The minimum Gasteiger partial charge on any atom is -0.341 e. The Labute approximate surface area is 74.0 Å². The molecule has 0 aliphatic carbocycles. The van der Waals surface area contributed by atoms with Gasteiger partial charge in [-0.2, -0.15) is 0 Å². The highest BCUT2D eigenvalue weighted by atomic mass is 35.5. The third-order valence-electron chi connectivity index (χ3n) is 1.25. The van der Waals surface area contributed by atoms with Crippen molar-refractivity contribution in [2.24, 2.45) is 0 Å². The van der Waals surface area contributed by atoms with Crippen LogP contribution in [0, 0.1) is 10.9 Å². The highest BCUT2D eigenvalue weighted by Gasteiger charge is 1.99. The van der Waals surface area contributed by atoms with Crippen LogP contribution >= 0.6 is 35.2 Å². The predicted molar refractivity (Wildman–Crippen MR) is 48.7 cm³/mol. The Morgan fingerprint density at radius 3 is 2.80 bits per heavy atom. The standard InChI is InChI=1S/C6H8ClNS2/c1-4-5(2-3-7)10-6(9)8-4/h2-3H2,1H3,(H,8,9). The molecule has 0 spiro atoms. The highest BCUT2D eigenvalue weighted by Crippen LogP contribution is 2.15. The molecule has 0 saturated carbocycles. The van der Waals surface area contributed by atoms with Crippen LogP contribution in [0.2, 0.25) is 0 Å². The number of hydrogen-bond donors (Lipinski definition) is 1. The largest absolute Gasteiger partial charge is 0.341 e. The van der Waals surface area contributed by atoms with E-state index >= 15 is 0 Å². The van der Waals surface area contributed by atoms with Crippen LogP contribution in [0.1, 0.15) is 10.6 Å². The maximum atomic E-state index is 5.58. The van der Waals surface area contributed by atoms with E-state index in [4.69, 9.17) is 23.8 Å². The molecule has 10 heavy (non-hydrogen) atoms. The summed E-state index contributed by atoms with van der Waals surface area (Å²) in [5, 5.41) is 0. The van der Waals surface area contributed by atoms with Gasteiger partial charge in [0, 0.05) is 16.5 Å². The molecular formula is C6H8ClNS2. The van der Waals surface area contributed by atoms with Gasteiger partial charge in [0.2, 0.25) is 0 Å². The second-order valence-electron chi connectivity index (χ2n) is 2.00. The van der Waals surface area contributed by atoms with Gasteiger partial charge in [0.05, 0.1) is 0 Å². The van der Waals surface area contributed by atoms with Crippen LogP contribution in [0.5, 0.6) is 0 Å². The van der Waals surface area contributed by atoms with Crippen LogP contribution in [0.25, 0.3) is 0 Å². The second kappa shape index (κ2) is 3.51. The number of H-pyrrole nitrogens is 1. The van der Waals surface area contributed by atoms with E-state index < -0.39 is 0 Å². The molecule has 0 radical (unpaired) electrons. The van der Waals surface area contributed by atoms with Crippen molar-refractivity contribution in [2.75, 3.05) is 5.88 Å². The number of alkyl halides is 1. The SMILES string of the molecule is Cc1[nH]c(=S)sc1CCCl. The lowest BCUT2D eigenvalue weighted by molar-refractivity contribution is 1.12. The molecule has 1 N–H and O–H groups in total. The van der Waals surface area contributed by atoms with Crippen molar-refractivity contribution in [3.8, 4) is 0 Å². The summed E-state index contributed by atoms with van der Waals surface area (Å²) >= 11 is 12.1. The lowest BCUT2D eigenvalue weighted by Crippen LogP contribution is -1.83. The minimum absolute atomic E-state index is 0.671. The average Bonchev–Trinajstić information content (AvgIpc) is 2.13. The van der Waals surface area contributed by atoms with Crippen LogP contribution < -0.4 is 0 Å². The van der Waals surface area contributed by atoms with Crippen LogP contribution in [-0.2, 0) is 6.42 Å². The number of aryl methyl sites for hydroxylation is 2. The van der Waals surface area contributed by atoms with Crippen LogP contribution in [0.4, 0.5) is 0 Å². The Balaban J connectivity index is 2.92. The molecule has 0 amide bonds. The van der Waals surface area contributed by atoms with E-state index in [1.54, 1.807) is 11.3 Å². The third kappa shape index (κ3) is 1.81. The van der Waals surface area contributed by atoms with Gasteiger partial charge in [-0.1, -0.05) is 0 Å².